The van der Waals surface area contributed by atoms with Gasteiger partial charge < -0.3 is 14.6 Å². The maximum atomic E-state index is 12.8. The van der Waals surface area contributed by atoms with Crippen molar-refractivity contribution in [2.75, 3.05) is 26.8 Å². The van der Waals surface area contributed by atoms with Gasteiger partial charge in [0.2, 0.25) is 10.0 Å². The minimum Gasteiger partial charge on any atom is -0.495 e. The molecule has 1 aliphatic heterocycles. The Morgan fingerprint density at radius 2 is 2.08 bits per heavy atom. The summed E-state index contributed by atoms with van der Waals surface area (Å²) in [4.78, 5) is 22.7. The Balaban J connectivity index is 2.40. The first-order valence-corrected chi connectivity index (χ1v) is 8.83. The van der Waals surface area contributed by atoms with Gasteiger partial charge in [-0.05, 0) is 31.5 Å². The molecule has 0 aliphatic carbocycles. The topological polar surface area (TPSA) is 110 Å². The molecule has 1 N–H and O–H groups in total. The van der Waals surface area contributed by atoms with E-state index >= 15 is 0 Å². The van der Waals surface area contributed by atoms with Gasteiger partial charge >= 0.3 is 11.9 Å². The van der Waals surface area contributed by atoms with Crippen LogP contribution in [0.2, 0.25) is 0 Å². The molecule has 1 heterocycles. The van der Waals surface area contributed by atoms with Crippen LogP contribution in [-0.2, 0) is 19.6 Å². The number of ether oxygens (including phenoxy) is 2. The zero-order valence-corrected chi connectivity index (χ0v) is 14.2. The first kappa shape index (κ1) is 18.2. The molecule has 132 valence electrons. The van der Waals surface area contributed by atoms with Gasteiger partial charge in [0.1, 0.15) is 10.6 Å². The second-order valence-electron chi connectivity index (χ2n) is 5.27. The van der Waals surface area contributed by atoms with Crippen LogP contribution in [0.5, 0.6) is 5.75 Å². The van der Waals surface area contributed by atoms with Crippen LogP contribution in [0.3, 0.4) is 0 Å². The van der Waals surface area contributed by atoms with Gasteiger partial charge in [0.25, 0.3) is 0 Å². The first-order chi connectivity index (χ1) is 11.3. The number of hydrogen-bond acceptors (Lipinski definition) is 6. The second kappa shape index (κ2) is 7.18. The lowest BCUT2D eigenvalue weighted by atomic mass is 10.1. The van der Waals surface area contributed by atoms with E-state index in [9.17, 15) is 18.0 Å². The summed E-state index contributed by atoms with van der Waals surface area (Å²) >= 11 is 0. The molecule has 2 rings (SSSR count). The molecule has 0 saturated carbocycles. The molecule has 1 aromatic carbocycles. The molecule has 1 atom stereocenters. The van der Waals surface area contributed by atoms with E-state index in [0.717, 1.165) is 4.31 Å². The molecule has 0 spiro atoms. The van der Waals surface area contributed by atoms with Gasteiger partial charge in [0, 0.05) is 13.1 Å². The van der Waals surface area contributed by atoms with E-state index in [4.69, 9.17) is 14.6 Å². The third-order valence-corrected chi connectivity index (χ3v) is 5.68. The van der Waals surface area contributed by atoms with Crippen LogP contribution >= 0.6 is 0 Å². The normalized spacial score (nSPS) is 18.3. The molecular weight excluding hydrogens is 338 g/mol. The van der Waals surface area contributed by atoms with Crippen LogP contribution in [0.15, 0.2) is 23.1 Å². The number of carboxylic acids is 1. The smallest absolute Gasteiger partial charge is 0.338 e. The van der Waals surface area contributed by atoms with Crippen molar-refractivity contribution in [3.05, 3.63) is 23.8 Å². The van der Waals surface area contributed by atoms with Gasteiger partial charge in [-0.25, -0.2) is 13.2 Å². The van der Waals surface area contributed by atoms with E-state index in [2.05, 4.69) is 0 Å². The average Bonchev–Trinajstić information content (AvgIpc) is 3.05. The molecule has 1 aromatic rings. The third-order valence-electron chi connectivity index (χ3n) is 3.79. The van der Waals surface area contributed by atoms with Gasteiger partial charge in [-0.2, -0.15) is 4.31 Å². The number of nitrogens with zero attached hydrogens (tertiary/aromatic N) is 1. The van der Waals surface area contributed by atoms with Crippen LogP contribution in [0.4, 0.5) is 0 Å². The van der Waals surface area contributed by atoms with Crippen molar-refractivity contribution in [2.24, 2.45) is 5.92 Å². The largest absolute Gasteiger partial charge is 0.495 e. The summed E-state index contributed by atoms with van der Waals surface area (Å²) in [5.41, 5.74) is 0.0882. The zero-order chi connectivity index (χ0) is 17.9. The molecular formula is C15H19NO7S. The van der Waals surface area contributed by atoms with E-state index in [1.807, 2.05) is 0 Å². The van der Waals surface area contributed by atoms with Crippen molar-refractivity contribution in [2.45, 2.75) is 18.2 Å². The first-order valence-electron chi connectivity index (χ1n) is 7.39. The van der Waals surface area contributed by atoms with Crippen LogP contribution in [0, 0.1) is 5.92 Å². The minimum absolute atomic E-state index is 0.0850. The monoisotopic (exact) mass is 357 g/mol. The summed E-state index contributed by atoms with van der Waals surface area (Å²) in [6, 6.07) is 3.99. The fraction of sp³-hybridized carbons (Fsp3) is 0.467. The summed E-state index contributed by atoms with van der Waals surface area (Å²) in [6.07, 6.45) is 0.244. The lowest BCUT2D eigenvalue weighted by Crippen LogP contribution is -2.30. The summed E-state index contributed by atoms with van der Waals surface area (Å²) < 4.78 is 36.7. The van der Waals surface area contributed by atoms with E-state index in [1.54, 1.807) is 6.92 Å². The molecule has 1 fully saturated rings. The minimum atomic E-state index is -3.98. The van der Waals surface area contributed by atoms with Gasteiger partial charge in [-0.3, -0.25) is 4.79 Å². The summed E-state index contributed by atoms with van der Waals surface area (Å²) in [7, 11) is -2.66. The quantitative estimate of drug-likeness (QED) is 0.755. The second-order valence-corrected chi connectivity index (χ2v) is 7.18. The molecule has 1 saturated heterocycles. The number of carbonyl (C=O) groups excluding carboxylic acids is 1. The van der Waals surface area contributed by atoms with Gasteiger partial charge in [-0.1, -0.05) is 0 Å². The van der Waals surface area contributed by atoms with Crippen molar-refractivity contribution in [1.82, 2.24) is 4.31 Å². The third kappa shape index (κ3) is 3.51. The number of sulfonamides is 1. The summed E-state index contributed by atoms with van der Waals surface area (Å²) in [5.74, 6) is -2.32. The Bertz CT molecular complexity index is 744. The molecule has 8 nitrogen and oxygen atoms in total. The van der Waals surface area contributed by atoms with Gasteiger partial charge in [0.15, 0.2) is 0 Å². The summed E-state index contributed by atoms with van der Waals surface area (Å²) in [5, 5.41) is 9.04. The number of carbonyl (C=O) groups is 2. The van der Waals surface area contributed by atoms with Crippen LogP contribution in [0.25, 0.3) is 0 Å². The zero-order valence-electron chi connectivity index (χ0n) is 13.4. The number of rotatable bonds is 6. The van der Waals surface area contributed by atoms with Crippen molar-refractivity contribution in [3.63, 3.8) is 0 Å². The standard InChI is InChI=1S/C15H19NO7S/c1-3-23-15(19)10-4-5-12(22-2)13(8-10)24(20,21)16-7-6-11(9-16)14(17)18/h4-5,8,11H,3,6-7,9H2,1-2H3,(H,17,18). The van der Waals surface area contributed by atoms with Crippen molar-refractivity contribution < 1.29 is 32.6 Å². The van der Waals surface area contributed by atoms with E-state index < -0.39 is 27.9 Å². The Kier molecular flexibility index (Phi) is 5.45. The molecule has 1 unspecified atom stereocenters. The molecule has 0 radical (unpaired) electrons. The number of carboxylic acid groups (broad SMARTS) is 1. The Labute approximate surface area is 140 Å². The number of methoxy groups -OCH3 is 1. The lowest BCUT2D eigenvalue weighted by molar-refractivity contribution is -0.141. The van der Waals surface area contributed by atoms with Crippen molar-refractivity contribution >= 4 is 22.0 Å². The Hall–Kier alpha value is -2.13. The van der Waals surface area contributed by atoms with Crippen LogP contribution in [0.1, 0.15) is 23.7 Å². The van der Waals surface area contributed by atoms with Crippen molar-refractivity contribution in [1.29, 1.82) is 0 Å². The highest BCUT2D eigenvalue weighted by Gasteiger charge is 2.37. The molecule has 0 bridgehead atoms. The lowest BCUT2D eigenvalue weighted by Gasteiger charge is -2.18. The Morgan fingerprint density at radius 1 is 1.38 bits per heavy atom. The van der Waals surface area contributed by atoms with E-state index in [-0.39, 0.29) is 42.3 Å². The fourth-order valence-corrected chi connectivity index (χ4v) is 4.19. The predicted octanol–water partition coefficient (Wildman–Crippen LogP) is 0.967. The highest BCUT2D eigenvalue weighted by atomic mass is 32.2. The fourth-order valence-electron chi connectivity index (χ4n) is 2.51. The molecule has 0 aromatic heterocycles. The maximum Gasteiger partial charge on any atom is 0.338 e. The Morgan fingerprint density at radius 3 is 2.62 bits per heavy atom. The van der Waals surface area contributed by atoms with E-state index in [1.165, 1.54) is 25.3 Å². The van der Waals surface area contributed by atoms with Crippen molar-refractivity contribution in [3.8, 4) is 5.75 Å². The average molecular weight is 357 g/mol. The number of esters is 1. The number of benzene rings is 1. The number of aliphatic carboxylic acids is 1. The van der Waals surface area contributed by atoms with Gasteiger partial charge in [-0.15, -0.1) is 0 Å². The van der Waals surface area contributed by atoms with E-state index in [0.29, 0.717) is 0 Å². The molecule has 1 aliphatic rings. The highest BCUT2D eigenvalue weighted by molar-refractivity contribution is 7.89. The molecule has 0 amide bonds. The van der Waals surface area contributed by atoms with Gasteiger partial charge in [0.05, 0.1) is 25.2 Å². The molecule has 24 heavy (non-hydrogen) atoms. The number of hydrogen-bond donors (Lipinski definition) is 1. The highest BCUT2D eigenvalue weighted by Crippen LogP contribution is 2.31. The predicted molar refractivity (Wildman–Crippen MR) is 83.5 cm³/mol. The molecule has 9 heteroatoms. The van der Waals surface area contributed by atoms with Crippen LogP contribution in [-0.4, -0.2) is 56.6 Å². The maximum absolute atomic E-state index is 12.8. The SMILES string of the molecule is CCOC(=O)c1ccc(OC)c(S(=O)(=O)N2CCC(C(=O)O)C2)c1. The van der Waals surface area contributed by atoms with Crippen LogP contribution < -0.4 is 4.74 Å². The summed E-state index contributed by atoms with van der Waals surface area (Å²) in [6.45, 7) is 1.81.